The van der Waals surface area contributed by atoms with Gasteiger partial charge in [-0.15, -0.1) is 0 Å². The van der Waals surface area contributed by atoms with Gasteiger partial charge in [0.15, 0.2) is 0 Å². The number of ether oxygens (including phenoxy) is 1. The van der Waals surface area contributed by atoms with Crippen LogP contribution in [0.4, 0.5) is 0 Å². The lowest BCUT2D eigenvalue weighted by atomic mass is 9.73. The van der Waals surface area contributed by atoms with E-state index in [9.17, 15) is 4.79 Å². The Hall–Kier alpha value is -0.220. The minimum absolute atomic E-state index is 0.00870. The molecular weight excluding hydrogens is 210 g/mol. The number of hydrogen-bond donors (Lipinski definition) is 1. The Labute approximate surface area is 95.3 Å². The van der Waals surface area contributed by atoms with Gasteiger partial charge in [0.25, 0.3) is 0 Å². The SMILES string of the molecule is CCOC(=O)C1CNCC12CCSCC2. The number of esters is 1. The van der Waals surface area contributed by atoms with Crippen LogP contribution in [0.1, 0.15) is 19.8 Å². The minimum atomic E-state index is 0.00870. The van der Waals surface area contributed by atoms with E-state index in [1.54, 1.807) is 0 Å². The molecule has 1 unspecified atom stereocenters. The van der Waals surface area contributed by atoms with Gasteiger partial charge in [0.05, 0.1) is 12.5 Å². The van der Waals surface area contributed by atoms with Crippen LogP contribution in [-0.2, 0) is 9.53 Å². The van der Waals surface area contributed by atoms with Crippen molar-refractivity contribution in [2.24, 2.45) is 11.3 Å². The van der Waals surface area contributed by atoms with Crippen LogP contribution in [0.5, 0.6) is 0 Å². The predicted octanol–water partition coefficient (Wildman–Crippen LogP) is 1.28. The molecule has 0 aliphatic carbocycles. The molecule has 1 N–H and O–H groups in total. The van der Waals surface area contributed by atoms with E-state index in [2.05, 4.69) is 5.32 Å². The molecule has 1 atom stereocenters. The van der Waals surface area contributed by atoms with Crippen molar-refractivity contribution < 1.29 is 9.53 Å². The Balaban J connectivity index is 2.06. The molecule has 3 nitrogen and oxygen atoms in total. The zero-order chi connectivity index (χ0) is 10.7. The average molecular weight is 229 g/mol. The Kier molecular flexibility index (Phi) is 3.57. The van der Waals surface area contributed by atoms with E-state index in [4.69, 9.17) is 4.74 Å². The van der Waals surface area contributed by atoms with Gasteiger partial charge in [-0.05, 0) is 36.7 Å². The van der Waals surface area contributed by atoms with Gasteiger partial charge in [-0.1, -0.05) is 0 Å². The number of nitrogens with one attached hydrogen (secondary N) is 1. The molecule has 2 heterocycles. The molecule has 15 heavy (non-hydrogen) atoms. The maximum atomic E-state index is 11.8. The van der Waals surface area contributed by atoms with Crippen molar-refractivity contribution in [3.63, 3.8) is 0 Å². The number of rotatable bonds is 2. The first-order valence-electron chi connectivity index (χ1n) is 5.73. The number of hydrogen-bond acceptors (Lipinski definition) is 4. The summed E-state index contributed by atoms with van der Waals surface area (Å²) < 4.78 is 5.17. The molecule has 0 aromatic rings. The largest absolute Gasteiger partial charge is 0.466 e. The third-order valence-electron chi connectivity index (χ3n) is 3.62. The lowest BCUT2D eigenvalue weighted by molar-refractivity contribution is -0.151. The second-order valence-electron chi connectivity index (χ2n) is 4.41. The van der Waals surface area contributed by atoms with Gasteiger partial charge in [-0.3, -0.25) is 4.79 Å². The number of carbonyl (C=O) groups is 1. The molecule has 0 bridgehead atoms. The summed E-state index contributed by atoms with van der Waals surface area (Å²) in [7, 11) is 0. The van der Waals surface area contributed by atoms with Crippen molar-refractivity contribution >= 4 is 17.7 Å². The van der Waals surface area contributed by atoms with Gasteiger partial charge in [-0.2, -0.15) is 11.8 Å². The topological polar surface area (TPSA) is 38.3 Å². The molecule has 2 aliphatic rings. The summed E-state index contributed by atoms with van der Waals surface area (Å²) >= 11 is 2.00. The molecule has 2 aliphatic heterocycles. The Morgan fingerprint density at radius 2 is 2.27 bits per heavy atom. The fraction of sp³-hybridized carbons (Fsp3) is 0.909. The molecule has 0 radical (unpaired) electrons. The summed E-state index contributed by atoms with van der Waals surface area (Å²) in [6.07, 6.45) is 2.32. The molecule has 86 valence electrons. The molecule has 0 amide bonds. The van der Waals surface area contributed by atoms with Gasteiger partial charge in [0.1, 0.15) is 0 Å². The van der Waals surface area contributed by atoms with Crippen molar-refractivity contribution in [3.05, 3.63) is 0 Å². The maximum Gasteiger partial charge on any atom is 0.310 e. The smallest absolute Gasteiger partial charge is 0.310 e. The summed E-state index contributed by atoms with van der Waals surface area (Å²) in [4.78, 5) is 11.8. The summed E-state index contributed by atoms with van der Waals surface area (Å²) in [5.74, 6) is 2.49. The van der Waals surface area contributed by atoms with Crippen LogP contribution < -0.4 is 5.32 Å². The van der Waals surface area contributed by atoms with Crippen LogP contribution in [0.2, 0.25) is 0 Å². The summed E-state index contributed by atoms with van der Waals surface area (Å²) in [5, 5.41) is 3.36. The van der Waals surface area contributed by atoms with Crippen molar-refractivity contribution in [2.75, 3.05) is 31.2 Å². The highest BCUT2D eigenvalue weighted by Gasteiger charge is 2.47. The first-order chi connectivity index (χ1) is 7.28. The monoisotopic (exact) mass is 229 g/mol. The lowest BCUT2D eigenvalue weighted by Crippen LogP contribution is -2.39. The fourth-order valence-electron chi connectivity index (χ4n) is 2.68. The van der Waals surface area contributed by atoms with Gasteiger partial charge < -0.3 is 10.1 Å². The molecule has 2 saturated heterocycles. The molecular formula is C11H19NO2S. The summed E-state index contributed by atoms with van der Waals surface area (Å²) in [6, 6.07) is 0. The quantitative estimate of drug-likeness (QED) is 0.724. The first-order valence-corrected chi connectivity index (χ1v) is 6.89. The molecule has 4 heteroatoms. The molecule has 0 aromatic carbocycles. The van der Waals surface area contributed by atoms with Crippen LogP contribution >= 0.6 is 11.8 Å². The van der Waals surface area contributed by atoms with Crippen LogP contribution in [-0.4, -0.2) is 37.2 Å². The maximum absolute atomic E-state index is 11.8. The average Bonchev–Trinajstić information content (AvgIpc) is 2.63. The van der Waals surface area contributed by atoms with Crippen molar-refractivity contribution in [1.29, 1.82) is 0 Å². The Morgan fingerprint density at radius 1 is 1.53 bits per heavy atom. The van der Waals surface area contributed by atoms with Crippen LogP contribution in [0, 0.1) is 11.3 Å². The second kappa shape index (κ2) is 4.74. The van der Waals surface area contributed by atoms with Crippen molar-refractivity contribution in [1.82, 2.24) is 5.32 Å². The normalized spacial score (nSPS) is 29.3. The van der Waals surface area contributed by atoms with E-state index < -0.39 is 0 Å². The van der Waals surface area contributed by atoms with Gasteiger partial charge >= 0.3 is 5.97 Å². The van der Waals surface area contributed by atoms with Gasteiger partial charge in [-0.25, -0.2) is 0 Å². The van der Waals surface area contributed by atoms with E-state index in [1.807, 2.05) is 18.7 Å². The van der Waals surface area contributed by atoms with E-state index in [0.717, 1.165) is 25.9 Å². The molecule has 2 rings (SSSR count). The highest BCUT2D eigenvalue weighted by Crippen LogP contribution is 2.44. The van der Waals surface area contributed by atoms with Crippen LogP contribution in [0.25, 0.3) is 0 Å². The third-order valence-corrected chi connectivity index (χ3v) is 4.61. The van der Waals surface area contributed by atoms with E-state index in [0.29, 0.717) is 6.61 Å². The van der Waals surface area contributed by atoms with Crippen molar-refractivity contribution in [3.8, 4) is 0 Å². The Morgan fingerprint density at radius 3 is 2.93 bits per heavy atom. The zero-order valence-electron chi connectivity index (χ0n) is 9.25. The molecule has 0 saturated carbocycles. The summed E-state index contributed by atoms with van der Waals surface area (Å²) in [6.45, 7) is 4.18. The molecule has 1 spiro atoms. The van der Waals surface area contributed by atoms with Crippen molar-refractivity contribution in [2.45, 2.75) is 19.8 Å². The Bertz CT molecular complexity index is 239. The third kappa shape index (κ3) is 2.16. The van der Waals surface area contributed by atoms with Gasteiger partial charge in [0.2, 0.25) is 0 Å². The first kappa shape index (κ1) is 11.3. The van der Waals surface area contributed by atoms with Crippen LogP contribution in [0.15, 0.2) is 0 Å². The van der Waals surface area contributed by atoms with E-state index >= 15 is 0 Å². The minimum Gasteiger partial charge on any atom is -0.466 e. The number of carbonyl (C=O) groups excluding carboxylic acids is 1. The highest BCUT2D eigenvalue weighted by atomic mass is 32.2. The van der Waals surface area contributed by atoms with Crippen LogP contribution in [0.3, 0.4) is 0 Å². The van der Waals surface area contributed by atoms with Gasteiger partial charge in [0, 0.05) is 13.1 Å². The lowest BCUT2D eigenvalue weighted by Gasteiger charge is -2.36. The molecule has 2 fully saturated rings. The summed E-state index contributed by atoms with van der Waals surface area (Å²) in [5.41, 5.74) is 0.206. The zero-order valence-corrected chi connectivity index (χ0v) is 10.1. The molecule has 0 aromatic heterocycles. The fourth-order valence-corrected chi connectivity index (χ4v) is 3.99. The highest BCUT2D eigenvalue weighted by molar-refractivity contribution is 7.99. The van der Waals surface area contributed by atoms with E-state index in [-0.39, 0.29) is 17.3 Å². The second-order valence-corrected chi connectivity index (χ2v) is 5.64. The number of thioether (sulfide) groups is 1. The predicted molar refractivity (Wildman–Crippen MR) is 62.0 cm³/mol. The standard InChI is InChI=1S/C11H19NO2S/c1-2-14-10(13)9-7-12-8-11(9)3-5-15-6-4-11/h9,12H,2-8H2,1H3. The van der Waals surface area contributed by atoms with E-state index in [1.165, 1.54) is 11.5 Å².